The van der Waals surface area contributed by atoms with E-state index in [9.17, 15) is 9.59 Å². The summed E-state index contributed by atoms with van der Waals surface area (Å²) in [6, 6.07) is -0.714. The number of piperazine rings is 1. The smallest absolute Gasteiger partial charge is 0.243 e. The summed E-state index contributed by atoms with van der Waals surface area (Å²) in [6.45, 7) is 8.08. The van der Waals surface area contributed by atoms with Crippen molar-refractivity contribution in [2.75, 3.05) is 0 Å². The van der Waals surface area contributed by atoms with Gasteiger partial charge in [-0.1, -0.05) is 34.1 Å². The van der Waals surface area contributed by atoms with Crippen LogP contribution in [0.2, 0.25) is 0 Å². The third-order valence-electron chi connectivity index (χ3n) is 3.13. The van der Waals surface area contributed by atoms with Crippen LogP contribution in [-0.2, 0) is 9.59 Å². The maximum Gasteiger partial charge on any atom is 0.243 e. The second kappa shape index (κ2) is 5.32. The Bertz CT molecular complexity index is 276. The lowest BCUT2D eigenvalue weighted by Gasteiger charge is -2.33. The van der Waals surface area contributed by atoms with Gasteiger partial charge in [0.05, 0.1) is 0 Å². The Morgan fingerprint density at radius 3 is 2.25 bits per heavy atom. The molecule has 4 nitrogen and oxygen atoms in total. The van der Waals surface area contributed by atoms with Crippen molar-refractivity contribution in [2.45, 2.75) is 52.6 Å². The highest BCUT2D eigenvalue weighted by Crippen LogP contribution is 2.14. The molecule has 0 unspecified atom stereocenters. The number of carbonyl (C=O) groups excluding carboxylic acids is 2. The predicted octanol–water partition coefficient (Wildman–Crippen LogP) is 1.06. The molecule has 1 aliphatic heterocycles. The van der Waals surface area contributed by atoms with Crippen molar-refractivity contribution < 1.29 is 9.59 Å². The lowest BCUT2D eigenvalue weighted by Crippen LogP contribution is -2.63. The molecule has 2 amide bonds. The molecule has 0 aromatic rings. The van der Waals surface area contributed by atoms with Crippen molar-refractivity contribution in [3.63, 3.8) is 0 Å². The molecule has 1 saturated heterocycles. The summed E-state index contributed by atoms with van der Waals surface area (Å²) >= 11 is 0. The molecule has 16 heavy (non-hydrogen) atoms. The Hall–Kier alpha value is -1.06. The Kier molecular flexibility index (Phi) is 4.33. The average molecular weight is 226 g/mol. The van der Waals surface area contributed by atoms with Crippen molar-refractivity contribution in [1.29, 1.82) is 0 Å². The molecule has 0 spiro atoms. The van der Waals surface area contributed by atoms with E-state index in [4.69, 9.17) is 0 Å². The van der Waals surface area contributed by atoms with Gasteiger partial charge in [-0.05, 0) is 18.3 Å². The van der Waals surface area contributed by atoms with E-state index in [-0.39, 0.29) is 29.8 Å². The maximum atomic E-state index is 11.8. The number of rotatable bonds is 4. The van der Waals surface area contributed by atoms with Crippen LogP contribution in [0.25, 0.3) is 0 Å². The molecule has 0 bridgehead atoms. The standard InChI is InChI=1S/C12H22N2O2/c1-5-8(4)10-12(16)13-9(6-7(2)3)11(15)14-10/h7-10H,5-6H2,1-4H3,(H,13,16)(H,14,15)/t8-,9+,10+/m0/s1. The molecule has 0 radical (unpaired) electrons. The molecule has 1 heterocycles. The van der Waals surface area contributed by atoms with E-state index >= 15 is 0 Å². The van der Waals surface area contributed by atoms with E-state index in [2.05, 4.69) is 10.6 Å². The van der Waals surface area contributed by atoms with Crippen LogP contribution in [0, 0.1) is 11.8 Å². The van der Waals surface area contributed by atoms with Crippen LogP contribution in [0.3, 0.4) is 0 Å². The zero-order valence-corrected chi connectivity index (χ0v) is 10.5. The molecule has 1 fully saturated rings. The molecule has 0 saturated carbocycles. The fourth-order valence-corrected chi connectivity index (χ4v) is 1.92. The first-order chi connectivity index (χ1) is 7.45. The van der Waals surface area contributed by atoms with E-state index in [1.54, 1.807) is 0 Å². The van der Waals surface area contributed by atoms with Gasteiger partial charge in [-0.2, -0.15) is 0 Å². The van der Waals surface area contributed by atoms with Gasteiger partial charge in [0, 0.05) is 0 Å². The Labute approximate surface area is 97.2 Å². The molecule has 0 aromatic carbocycles. The summed E-state index contributed by atoms with van der Waals surface area (Å²) in [4.78, 5) is 23.6. The Morgan fingerprint density at radius 1 is 1.12 bits per heavy atom. The van der Waals surface area contributed by atoms with Gasteiger partial charge < -0.3 is 10.6 Å². The summed E-state index contributed by atoms with van der Waals surface area (Å²) in [5.41, 5.74) is 0. The van der Waals surface area contributed by atoms with E-state index in [1.165, 1.54) is 0 Å². The van der Waals surface area contributed by atoms with Crippen LogP contribution in [0.4, 0.5) is 0 Å². The first kappa shape index (κ1) is 13.0. The summed E-state index contributed by atoms with van der Waals surface area (Å²) in [5, 5.41) is 5.63. The van der Waals surface area contributed by atoms with Crippen LogP contribution in [0.1, 0.15) is 40.5 Å². The lowest BCUT2D eigenvalue weighted by molar-refractivity contribution is -0.138. The van der Waals surface area contributed by atoms with Gasteiger partial charge in [-0.3, -0.25) is 9.59 Å². The fraction of sp³-hybridized carbons (Fsp3) is 0.833. The van der Waals surface area contributed by atoms with Crippen LogP contribution in [0.15, 0.2) is 0 Å². The van der Waals surface area contributed by atoms with E-state index in [0.717, 1.165) is 6.42 Å². The van der Waals surface area contributed by atoms with Crippen molar-refractivity contribution in [3.05, 3.63) is 0 Å². The third-order valence-corrected chi connectivity index (χ3v) is 3.13. The third kappa shape index (κ3) is 2.97. The summed E-state index contributed by atoms with van der Waals surface area (Å²) in [6.07, 6.45) is 1.58. The molecule has 0 aromatic heterocycles. The van der Waals surface area contributed by atoms with Gasteiger partial charge in [0.25, 0.3) is 0 Å². The Balaban J connectivity index is 2.63. The number of hydrogen-bond acceptors (Lipinski definition) is 2. The van der Waals surface area contributed by atoms with Gasteiger partial charge in [0.1, 0.15) is 12.1 Å². The number of amides is 2. The van der Waals surface area contributed by atoms with Crippen LogP contribution in [-0.4, -0.2) is 23.9 Å². The molecule has 0 aliphatic carbocycles. The minimum atomic E-state index is -0.360. The van der Waals surface area contributed by atoms with Crippen LogP contribution >= 0.6 is 0 Å². The van der Waals surface area contributed by atoms with E-state index in [0.29, 0.717) is 12.3 Å². The zero-order chi connectivity index (χ0) is 12.3. The maximum absolute atomic E-state index is 11.8. The van der Waals surface area contributed by atoms with Crippen molar-refractivity contribution in [1.82, 2.24) is 10.6 Å². The topological polar surface area (TPSA) is 58.2 Å². The van der Waals surface area contributed by atoms with Gasteiger partial charge in [-0.25, -0.2) is 0 Å². The van der Waals surface area contributed by atoms with Crippen LogP contribution < -0.4 is 10.6 Å². The first-order valence-electron chi connectivity index (χ1n) is 6.06. The molecule has 3 atom stereocenters. The van der Waals surface area contributed by atoms with E-state index in [1.807, 2.05) is 27.7 Å². The van der Waals surface area contributed by atoms with Gasteiger partial charge in [0.15, 0.2) is 0 Å². The summed E-state index contributed by atoms with van der Waals surface area (Å²) < 4.78 is 0. The SMILES string of the molecule is CC[C@H](C)[C@H]1NC(=O)[C@@H](CC(C)C)NC1=O. The minimum absolute atomic E-state index is 0.0420. The summed E-state index contributed by atoms with van der Waals surface area (Å²) in [5.74, 6) is 0.498. The molecule has 1 aliphatic rings. The monoisotopic (exact) mass is 226 g/mol. The predicted molar refractivity (Wildman–Crippen MR) is 62.8 cm³/mol. The van der Waals surface area contributed by atoms with Crippen molar-refractivity contribution in [2.24, 2.45) is 11.8 Å². The van der Waals surface area contributed by atoms with E-state index < -0.39 is 0 Å². The largest absolute Gasteiger partial charge is 0.343 e. The highest BCUT2D eigenvalue weighted by atomic mass is 16.2. The highest BCUT2D eigenvalue weighted by Gasteiger charge is 2.35. The molecular weight excluding hydrogens is 204 g/mol. The molecule has 92 valence electrons. The first-order valence-corrected chi connectivity index (χ1v) is 6.06. The van der Waals surface area contributed by atoms with Crippen LogP contribution in [0.5, 0.6) is 0 Å². The highest BCUT2D eigenvalue weighted by molar-refractivity contribution is 5.97. The van der Waals surface area contributed by atoms with Gasteiger partial charge >= 0.3 is 0 Å². The zero-order valence-electron chi connectivity index (χ0n) is 10.5. The number of carbonyl (C=O) groups is 2. The Morgan fingerprint density at radius 2 is 1.75 bits per heavy atom. The van der Waals surface area contributed by atoms with Crippen molar-refractivity contribution in [3.8, 4) is 0 Å². The molecular formula is C12H22N2O2. The molecule has 2 N–H and O–H groups in total. The number of hydrogen-bond donors (Lipinski definition) is 2. The lowest BCUT2D eigenvalue weighted by atomic mass is 9.93. The van der Waals surface area contributed by atoms with Gasteiger partial charge in [0.2, 0.25) is 11.8 Å². The normalized spacial score (nSPS) is 27.6. The summed E-state index contributed by atoms with van der Waals surface area (Å²) in [7, 11) is 0. The van der Waals surface area contributed by atoms with Crippen molar-refractivity contribution >= 4 is 11.8 Å². The number of nitrogens with one attached hydrogen (secondary N) is 2. The average Bonchev–Trinajstić information content (AvgIpc) is 2.21. The molecule has 1 rings (SSSR count). The molecule has 4 heteroatoms. The fourth-order valence-electron chi connectivity index (χ4n) is 1.92. The second-order valence-corrected chi connectivity index (χ2v) is 5.06. The van der Waals surface area contributed by atoms with Gasteiger partial charge in [-0.15, -0.1) is 0 Å². The quantitative estimate of drug-likeness (QED) is 0.753. The second-order valence-electron chi connectivity index (χ2n) is 5.06. The minimum Gasteiger partial charge on any atom is -0.343 e.